The second-order valence-corrected chi connectivity index (χ2v) is 6.15. The van der Waals surface area contributed by atoms with Gasteiger partial charge in [-0.2, -0.15) is 4.39 Å². The molecule has 1 rings (SSSR count). The van der Waals surface area contributed by atoms with Crippen LogP contribution in [0.15, 0.2) is 23.2 Å². The second kappa shape index (κ2) is 4.75. The van der Waals surface area contributed by atoms with Crippen molar-refractivity contribution in [3.05, 3.63) is 24.1 Å². The highest BCUT2D eigenvalue weighted by Gasteiger charge is 2.03. The summed E-state index contributed by atoms with van der Waals surface area (Å²) in [5.74, 6) is -0.0696. The van der Waals surface area contributed by atoms with E-state index in [0.717, 1.165) is 0 Å². The Labute approximate surface area is 86.7 Å². The molecule has 78 valence electrons. The standard InChI is InChI=1S/C8H10FNO2S2/c1-14(11,12)6-5-13-8-4-2-3-7(9)10-8/h2-4H,5-6H2,1H3. The largest absolute Gasteiger partial charge is 0.229 e. The average molecular weight is 235 g/mol. The summed E-state index contributed by atoms with van der Waals surface area (Å²) >= 11 is 1.23. The molecule has 1 aromatic heterocycles. The Bertz CT molecular complexity index is 406. The molecule has 0 fully saturated rings. The van der Waals surface area contributed by atoms with E-state index in [9.17, 15) is 12.8 Å². The minimum atomic E-state index is -2.95. The maximum Gasteiger partial charge on any atom is 0.213 e. The number of thioether (sulfide) groups is 1. The zero-order valence-corrected chi connectivity index (χ0v) is 9.24. The Balaban J connectivity index is 2.47. The van der Waals surface area contributed by atoms with E-state index in [4.69, 9.17) is 0 Å². The van der Waals surface area contributed by atoms with E-state index in [1.807, 2.05) is 0 Å². The third kappa shape index (κ3) is 4.57. The van der Waals surface area contributed by atoms with Gasteiger partial charge in [0.05, 0.1) is 10.8 Å². The summed E-state index contributed by atoms with van der Waals surface area (Å²) < 4.78 is 34.1. The summed E-state index contributed by atoms with van der Waals surface area (Å²) in [7, 11) is -2.95. The first-order valence-corrected chi connectivity index (χ1v) is 6.95. The van der Waals surface area contributed by atoms with Crippen LogP contribution < -0.4 is 0 Å². The first kappa shape index (κ1) is 11.5. The zero-order chi connectivity index (χ0) is 10.6. The molecular weight excluding hydrogens is 225 g/mol. The van der Waals surface area contributed by atoms with Gasteiger partial charge in [-0.15, -0.1) is 11.8 Å². The molecule has 0 N–H and O–H groups in total. The molecule has 1 heterocycles. The predicted octanol–water partition coefficient (Wildman–Crippen LogP) is 1.36. The molecule has 0 aliphatic heterocycles. The first-order valence-electron chi connectivity index (χ1n) is 3.90. The predicted molar refractivity (Wildman–Crippen MR) is 54.6 cm³/mol. The van der Waals surface area contributed by atoms with Crippen molar-refractivity contribution in [3.8, 4) is 0 Å². The highest BCUT2D eigenvalue weighted by atomic mass is 32.2. The van der Waals surface area contributed by atoms with E-state index >= 15 is 0 Å². The van der Waals surface area contributed by atoms with Gasteiger partial charge in [0, 0.05) is 12.0 Å². The van der Waals surface area contributed by atoms with E-state index in [2.05, 4.69) is 4.98 Å². The van der Waals surface area contributed by atoms with E-state index in [0.29, 0.717) is 10.8 Å². The monoisotopic (exact) mass is 235 g/mol. The minimum absolute atomic E-state index is 0.0792. The average Bonchev–Trinajstić information content (AvgIpc) is 2.01. The lowest BCUT2D eigenvalue weighted by atomic mass is 10.5. The Morgan fingerprint density at radius 3 is 2.79 bits per heavy atom. The second-order valence-electron chi connectivity index (χ2n) is 2.78. The molecule has 6 heteroatoms. The lowest BCUT2D eigenvalue weighted by molar-refractivity contribution is 0.572. The molecule has 0 radical (unpaired) electrons. The topological polar surface area (TPSA) is 47.0 Å². The Morgan fingerprint density at radius 1 is 1.50 bits per heavy atom. The van der Waals surface area contributed by atoms with Gasteiger partial charge in [-0.3, -0.25) is 0 Å². The van der Waals surface area contributed by atoms with Gasteiger partial charge in [-0.25, -0.2) is 13.4 Å². The van der Waals surface area contributed by atoms with Crippen molar-refractivity contribution < 1.29 is 12.8 Å². The number of rotatable bonds is 4. The van der Waals surface area contributed by atoms with Crippen molar-refractivity contribution >= 4 is 21.6 Å². The Hall–Kier alpha value is -0.620. The third-order valence-corrected chi connectivity index (χ3v) is 3.53. The highest BCUT2D eigenvalue weighted by molar-refractivity contribution is 8.00. The van der Waals surface area contributed by atoms with Crippen molar-refractivity contribution in [2.24, 2.45) is 0 Å². The molecule has 0 aromatic carbocycles. The summed E-state index contributed by atoms with van der Waals surface area (Å²) in [4.78, 5) is 3.59. The van der Waals surface area contributed by atoms with E-state index in [-0.39, 0.29) is 5.75 Å². The molecule has 0 aliphatic carbocycles. The fourth-order valence-electron chi connectivity index (χ4n) is 0.768. The van der Waals surface area contributed by atoms with Gasteiger partial charge >= 0.3 is 0 Å². The van der Waals surface area contributed by atoms with Gasteiger partial charge in [-0.05, 0) is 12.1 Å². The van der Waals surface area contributed by atoms with Crippen LogP contribution in [0.25, 0.3) is 0 Å². The Morgan fingerprint density at radius 2 is 2.21 bits per heavy atom. The molecule has 1 aromatic rings. The molecule has 0 bridgehead atoms. The first-order chi connectivity index (χ1) is 6.47. The van der Waals surface area contributed by atoms with Crippen molar-refractivity contribution in [2.75, 3.05) is 17.8 Å². The maximum atomic E-state index is 12.6. The normalized spacial score (nSPS) is 11.6. The third-order valence-electron chi connectivity index (χ3n) is 1.39. The van der Waals surface area contributed by atoms with Crippen LogP contribution in [0, 0.1) is 5.95 Å². The zero-order valence-electron chi connectivity index (χ0n) is 7.60. The number of sulfone groups is 1. The number of pyridine rings is 1. The fourth-order valence-corrected chi connectivity index (χ4v) is 2.85. The molecule has 0 amide bonds. The molecule has 0 saturated carbocycles. The lowest BCUT2D eigenvalue weighted by Gasteiger charge is -1.99. The van der Waals surface area contributed by atoms with Gasteiger partial charge in [-0.1, -0.05) is 6.07 Å². The molecule has 14 heavy (non-hydrogen) atoms. The molecular formula is C8H10FNO2S2. The van der Waals surface area contributed by atoms with E-state index < -0.39 is 15.8 Å². The molecule has 0 saturated heterocycles. The van der Waals surface area contributed by atoms with Crippen LogP contribution in [0.4, 0.5) is 4.39 Å². The van der Waals surface area contributed by atoms with Gasteiger partial charge in [0.15, 0.2) is 0 Å². The Kier molecular flexibility index (Phi) is 3.88. The van der Waals surface area contributed by atoms with Gasteiger partial charge in [0.2, 0.25) is 5.95 Å². The van der Waals surface area contributed by atoms with E-state index in [1.54, 1.807) is 12.1 Å². The van der Waals surface area contributed by atoms with Crippen LogP contribution in [-0.4, -0.2) is 31.2 Å². The minimum Gasteiger partial charge on any atom is -0.229 e. The number of nitrogens with zero attached hydrogens (tertiary/aromatic N) is 1. The molecule has 0 aliphatic rings. The van der Waals surface area contributed by atoms with Gasteiger partial charge in [0.25, 0.3) is 0 Å². The van der Waals surface area contributed by atoms with Crippen LogP contribution in [0.1, 0.15) is 0 Å². The van der Waals surface area contributed by atoms with Gasteiger partial charge < -0.3 is 0 Å². The lowest BCUT2D eigenvalue weighted by Crippen LogP contribution is -2.05. The van der Waals surface area contributed by atoms with Crippen molar-refractivity contribution in [3.63, 3.8) is 0 Å². The highest BCUT2D eigenvalue weighted by Crippen LogP contribution is 2.14. The van der Waals surface area contributed by atoms with Crippen LogP contribution >= 0.6 is 11.8 Å². The summed E-state index contributed by atoms with van der Waals surface area (Å²) in [5, 5.41) is 0.508. The molecule has 0 unspecified atom stereocenters. The fraction of sp³-hybridized carbons (Fsp3) is 0.375. The van der Waals surface area contributed by atoms with Crippen LogP contribution in [-0.2, 0) is 9.84 Å². The van der Waals surface area contributed by atoms with Crippen molar-refractivity contribution in [1.29, 1.82) is 0 Å². The summed E-state index contributed by atoms with van der Waals surface area (Å²) in [6, 6.07) is 4.45. The summed E-state index contributed by atoms with van der Waals surface area (Å²) in [5.41, 5.74) is 0. The van der Waals surface area contributed by atoms with Gasteiger partial charge in [0.1, 0.15) is 9.84 Å². The van der Waals surface area contributed by atoms with Crippen molar-refractivity contribution in [2.45, 2.75) is 5.03 Å². The summed E-state index contributed by atoms with van der Waals surface area (Å²) in [6.45, 7) is 0. The smallest absolute Gasteiger partial charge is 0.213 e. The van der Waals surface area contributed by atoms with Crippen LogP contribution in [0.3, 0.4) is 0 Å². The molecule has 0 spiro atoms. The molecule has 3 nitrogen and oxygen atoms in total. The van der Waals surface area contributed by atoms with Crippen molar-refractivity contribution in [1.82, 2.24) is 4.98 Å². The number of hydrogen-bond acceptors (Lipinski definition) is 4. The number of aromatic nitrogens is 1. The van der Waals surface area contributed by atoms with Crippen LogP contribution in [0.2, 0.25) is 0 Å². The SMILES string of the molecule is CS(=O)(=O)CCSc1cccc(F)n1. The number of halogens is 1. The quantitative estimate of drug-likeness (QED) is 0.584. The molecule has 0 atom stereocenters. The van der Waals surface area contributed by atoms with Crippen LogP contribution in [0.5, 0.6) is 0 Å². The van der Waals surface area contributed by atoms with E-state index in [1.165, 1.54) is 24.1 Å². The number of hydrogen-bond donors (Lipinski definition) is 0. The summed E-state index contributed by atoms with van der Waals surface area (Å²) in [6.07, 6.45) is 1.17. The maximum absolute atomic E-state index is 12.6.